The van der Waals surface area contributed by atoms with E-state index in [1.165, 1.54) is 11.1 Å². The van der Waals surface area contributed by atoms with Gasteiger partial charge >= 0.3 is 6.03 Å². The Morgan fingerprint density at radius 1 is 1.24 bits per heavy atom. The van der Waals surface area contributed by atoms with Crippen molar-refractivity contribution in [1.82, 2.24) is 10.6 Å². The van der Waals surface area contributed by atoms with Gasteiger partial charge in [-0.25, -0.2) is 4.79 Å². The van der Waals surface area contributed by atoms with Gasteiger partial charge in [-0.05, 0) is 38.2 Å². The molecule has 1 aromatic rings. The van der Waals surface area contributed by atoms with Crippen LogP contribution in [0.25, 0.3) is 0 Å². The van der Waals surface area contributed by atoms with Gasteiger partial charge in [0.05, 0.1) is 5.54 Å². The summed E-state index contributed by atoms with van der Waals surface area (Å²) in [5, 5.41) is 6.11. The standard InChI is InChI=1S/C14H18N2O/c1-10-2-4-11(5-3-10)14(8-9-14)16-13(17)15-12-6-7-12/h2-5,12H,6-9H2,1H3,(H2,15,16,17). The molecule has 3 nitrogen and oxygen atoms in total. The number of hydrogen-bond acceptors (Lipinski definition) is 1. The summed E-state index contributed by atoms with van der Waals surface area (Å²) in [6.07, 6.45) is 4.36. The second-order valence-electron chi connectivity index (χ2n) is 5.32. The average Bonchev–Trinajstić information content (AvgIpc) is 3.17. The van der Waals surface area contributed by atoms with Crippen LogP contribution < -0.4 is 10.6 Å². The third kappa shape index (κ3) is 2.28. The number of amides is 2. The third-order valence-corrected chi connectivity index (χ3v) is 3.62. The van der Waals surface area contributed by atoms with Crippen LogP contribution in [0, 0.1) is 6.92 Å². The number of carbonyl (C=O) groups is 1. The van der Waals surface area contributed by atoms with Gasteiger partial charge in [-0.1, -0.05) is 29.8 Å². The van der Waals surface area contributed by atoms with E-state index in [-0.39, 0.29) is 11.6 Å². The highest BCUT2D eigenvalue weighted by molar-refractivity contribution is 5.76. The van der Waals surface area contributed by atoms with Crippen LogP contribution in [0.4, 0.5) is 4.79 Å². The van der Waals surface area contributed by atoms with Gasteiger partial charge in [-0.15, -0.1) is 0 Å². The van der Waals surface area contributed by atoms with Crippen molar-refractivity contribution in [3.8, 4) is 0 Å². The molecule has 3 heteroatoms. The van der Waals surface area contributed by atoms with E-state index in [0.717, 1.165) is 25.7 Å². The highest BCUT2D eigenvalue weighted by atomic mass is 16.2. The van der Waals surface area contributed by atoms with E-state index in [1.807, 2.05) is 0 Å². The predicted molar refractivity (Wildman–Crippen MR) is 66.8 cm³/mol. The Labute approximate surface area is 102 Å². The third-order valence-electron chi connectivity index (χ3n) is 3.62. The minimum absolute atomic E-state index is 0.00873. The molecule has 0 saturated heterocycles. The second-order valence-corrected chi connectivity index (χ2v) is 5.32. The topological polar surface area (TPSA) is 41.1 Å². The zero-order valence-corrected chi connectivity index (χ0v) is 10.1. The second kappa shape index (κ2) is 3.76. The molecule has 2 fully saturated rings. The fourth-order valence-electron chi connectivity index (χ4n) is 2.15. The van der Waals surface area contributed by atoms with Gasteiger partial charge in [0.1, 0.15) is 0 Å². The number of hydrogen-bond donors (Lipinski definition) is 2. The van der Waals surface area contributed by atoms with E-state index in [4.69, 9.17) is 0 Å². The van der Waals surface area contributed by atoms with Gasteiger partial charge in [0.15, 0.2) is 0 Å². The van der Waals surface area contributed by atoms with Gasteiger partial charge in [0, 0.05) is 6.04 Å². The molecule has 17 heavy (non-hydrogen) atoms. The minimum Gasteiger partial charge on any atom is -0.335 e. The lowest BCUT2D eigenvalue weighted by molar-refractivity contribution is 0.235. The van der Waals surface area contributed by atoms with Gasteiger partial charge < -0.3 is 10.6 Å². The maximum Gasteiger partial charge on any atom is 0.315 e. The lowest BCUT2D eigenvalue weighted by atomic mass is 10.0. The van der Waals surface area contributed by atoms with Crippen LogP contribution in [0.15, 0.2) is 24.3 Å². The van der Waals surface area contributed by atoms with Crippen LogP contribution in [0.2, 0.25) is 0 Å². The van der Waals surface area contributed by atoms with E-state index >= 15 is 0 Å². The Morgan fingerprint density at radius 3 is 2.41 bits per heavy atom. The van der Waals surface area contributed by atoms with Crippen LogP contribution >= 0.6 is 0 Å². The molecule has 2 N–H and O–H groups in total. The number of benzene rings is 1. The Bertz CT molecular complexity index is 430. The number of urea groups is 1. The van der Waals surface area contributed by atoms with E-state index in [9.17, 15) is 4.79 Å². The summed E-state index contributed by atoms with van der Waals surface area (Å²) in [7, 11) is 0. The summed E-state index contributed by atoms with van der Waals surface area (Å²) in [4.78, 5) is 11.8. The van der Waals surface area contributed by atoms with Crippen molar-refractivity contribution in [3.05, 3.63) is 35.4 Å². The first kappa shape index (κ1) is 10.6. The smallest absolute Gasteiger partial charge is 0.315 e. The van der Waals surface area contributed by atoms with Crippen LogP contribution in [0.1, 0.15) is 36.8 Å². The molecule has 0 spiro atoms. The first-order valence-corrected chi connectivity index (χ1v) is 6.34. The lowest BCUT2D eigenvalue weighted by Gasteiger charge is -2.18. The molecule has 0 radical (unpaired) electrons. The Kier molecular flexibility index (Phi) is 2.35. The Morgan fingerprint density at radius 2 is 1.88 bits per heavy atom. The van der Waals surface area contributed by atoms with Crippen molar-refractivity contribution in [2.75, 3.05) is 0 Å². The molecule has 0 aromatic heterocycles. The molecule has 90 valence electrons. The molecule has 3 rings (SSSR count). The van der Waals surface area contributed by atoms with Crippen molar-refractivity contribution in [2.24, 2.45) is 0 Å². The van der Waals surface area contributed by atoms with Gasteiger partial charge in [-0.2, -0.15) is 0 Å². The van der Waals surface area contributed by atoms with Crippen LogP contribution in [-0.4, -0.2) is 12.1 Å². The fraction of sp³-hybridized carbons (Fsp3) is 0.500. The van der Waals surface area contributed by atoms with E-state index in [2.05, 4.69) is 41.8 Å². The molecule has 0 aliphatic heterocycles. The predicted octanol–water partition coefficient (Wildman–Crippen LogP) is 2.45. The minimum atomic E-state index is -0.0906. The SMILES string of the molecule is Cc1ccc(C2(NC(=O)NC3CC3)CC2)cc1. The molecular weight excluding hydrogens is 212 g/mol. The van der Waals surface area contributed by atoms with Gasteiger partial charge in [-0.3, -0.25) is 0 Å². The largest absolute Gasteiger partial charge is 0.335 e. The maximum atomic E-state index is 11.8. The molecule has 0 atom stereocenters. The Hall–Kier alpha value is -1.51. The van der Waals surface area contributed by atoms with Gasteiger partial charge in [0.2, 0.25) is 0 Å². The number of rotatable bonds is 3. The normalized spacial score (nSPS) is 20.8. The summed E-state index contributed by atoms with van der Waals surface area (Å²) >= 11 is 0. The molecular formula is C14H18N2O. The monoisotopic (exact) mass is 230 g/mol. The molecule has 0 unspecified atom stereocenters. The summed E-state index contributed by atoms with van der Waals surface area (Å²) in [5.41, 5.74) is 2.40. The van der Waals surface area contributed by atoms with Crippen LogP contribution in [0.3, 0.4) is 0 Å². The van der Waals surface area contributed by atoms with Crippen molar-refractivity contribution >= 4 is 6.03 Å². The fourth-order valence-corrected chi connectivity index (χ4v) is 2.15. The quantitative estimate of drug-likeness (QED) is 0.822. The molecule has 2 saturated carbocycles. The van der Waals surface area contributed by atoms with Crippen molar-refractivity contribution in [2.45, 2.75) is 44.2 Å². The van der Waals surface area contributed by atoms with Crippen LogP contribution in [0.5, 0.6) is 0 Å². The lowest BCUT2D eigenvalue weighted by Crippen LogP contribution is -2.43. The summed E-state index contributed by atoms with van der Waals surface area (Å²) in [5.74, 6) is 0. The number of aryl methyl sites for hydroxylation is 1. The maximum absolute atomic E-state index is 11.8. The Balaban J connectivity index is 1.68. The highest BCUT2D eigenvalue weighted by Crippen LogP contribution is 2.45. The molecule has 2 amide bonds. The highest BCUT2D eigenvalue weighted by Gasteiger charge is 2.46. The van der Waals surface area contributed by atoms with E-state index in [0.29, 0.717) is 6.04 Å². The zero-order chi connectivity index (χ0) is 11.9. The summed E-state index contributed by atoms with van der Waals surface area (Å²) in [6, 6.07) is 8.87. The van der Waals surface area contributed by atoms with E-state index < -0.39 is 0 Å². The van der Waals surface area contributed by atoms with E-state index in [1.54, 1.807) is 0 Å². The first-order chi connectivity index (χ1) is 8.18. The van der Waals surface area contributed by atoms with Gasteiger partial charge in [0.25, 0.3) is 0 Å². The summed E-state index contributed by atoms with van der Waals surface area (Å²) < 4.78 is 0. The zero-order valence-electron chi connectivity index (χ0n) is 10.1. The van der Waals surface area contributed by atoms with Crippen molar-refractivity contribution in [3.63, 3.8) is 0 Å². The van der Waals surface area contributed by atoms with Crippen molar-refractivity contribution in [1.29, 1.82) is 0 Å². The number of carbonyl (C=O) groups excluding carboxylic acids is 1. The molecule has 1 aromatic carbocycles. The molecule has 2 aliphatic carbocycles. The van der Waals surface area contributed by atoms with Crippen LogP contribution in [-0.2, 0) is 5.54 Å². The molecule has 2 aliphatic rings. The molecule has 0 heterocycles. The first-order valence-electron chi connectivity index (χ1n) is 6.34. The number of nitrogens with one attached hydrogen (secondary N) is 2. The molecule has 0 bridgehead atoms. The summed E-state index contributed by atoms with van der Waals surface area (Å²) in [6.45, 7) is 2.08. The average molecular weight is 230 g/mol. The van der Waals surface area contributed by atoms with Crippen molar-refractivity contribution < 1.29 is 4.79 Å².